The van der Waals surface area contributed by atoms with E-state index in [2.05, 4.69) is 10.2 Å². The highest BCUT2D eigenvalue weighted by molar-refractivity contribution is 7.10. The van der Waals surface area contributed by atoms with Gasteiger partial charge in [-0.25, -0.2) is 0 Å². The predicted octanol–water partition coefficient (Wildman–Crippen LogP) is 5.22. The molecule has 0 unspecified atom stereocenters. The number of carbonyl (C=O) groups is 2. The third-order valence-electron chi connectivity index (χ3n) is 7.79. The average Bonchev–Trinajstić information content (AvgIpc) is 3.74. The van der Waals surface area contributed by atoms with Gasteiger partial charge in [-0.15, -0.1) is 11.3 Å². The number of ether oxygens (including phenoxy) is 1. The summed E-state index contributed by atoms with van der Waals surface area (Å²) >= 11 is 1.58. The number of benzene rings is 1. The number of amides is 2. The molecule has 2 aliphatic rings. The molecule has 202 valence electrons. The summed E-state index contributed by atoms with van der Waals surface area (Å²) in [5.74, 6) is 0.419. The van der Waals surface area contributed by atoms with Gasteiger partial charge in [-0.05, 0) is 54.5 Å². The summed E-state index contributed by atoms with van der Waals surface area (Å²) in [6, 6.07) is 15.7. The number of nitrogens with zero attached hydrogens (tertiary/aromatic N) is 2. The van der Waals surface area contributed by atoms with Crippen molar-refractivity contribution in [3.8, 4) is 0 Å². The first-order valence-electron chi connectivity index (χ1n) is 13.6. The van der Waals surface area contributed by atoms with Gasteiger partial charge in [0.15, 0.2) is 0 Å². The number of thiophene rings is 1. The monoisotopic (exact) mass is 535 g/mol. The van der Waals surface area contributed by atoms with Crippen molar-refractivity contribution in [3.05, 3.63) is 81.9 Å². The second-order valence-electron chi connectivity index (χ2n) is 10.1. The Balaban J connectivity index is 1.30. The summed E-state index contributed by atoms with van der Waals surface area (Å²) in [6.45, 7) is 3.14. The molecule has 1 aliphatic heterocycles. The molecule has 0 radical (unpaired) electrons. The van der Waals surface area contributed by atoms with Crippen LogP contribution in [0.25, 0.3) is 0 Å². The summed E-state index contributed by atoms with van der Waals surface area (Å²) in [4.78, 5) is 32.7. The lowest BCUT2D eigenvalue weighted by Crippen LogP contribution is -2.48. The van der Waals surface area contributed by atoms with Crippen LogP contribution < -0.4 is 5.32 Å². The SMILES string of the molecule is COCCN1C(=O)c2ccccc2[C@H](C(=O)NCCCN(Cc2ccco2)C2CCCC2)[C@@H]1c1cccs1. The molecule has 0 bridgehead atoms. The highest BCUT2D eigenvalue weighted by Gasteiger charge is 2.44. The lowest BCUT2D eigenvalue weighted by molar-refractivity contribution is -0.124. The van der Waals surface area contributed by atoms with E-state index in [9.17, 15) is 9.59 Å². The molecule has 2 amide bonds. The molecule has 38 heavy (non-hydrogen) atoms. The zero-order chi connectivity index (χ0) is 26.3. The number of methoxy groups -OCH3 is 1. The number of furan rings is 1. The number of carbonyl (C=O) groups excluding carboxylic acids is 2. The van der Waals surface area contributed by atoms with Crippen LogP contribution in [-0.2, 0) is 16.1 Å². The Bertz CT molecular complexity index is 1170. The Hall–Kier alpha value is -2.94. The number of fused-ring (bicyclic) bond motifs is 1. The van der Waals surface area contributed by atoms with Gasteiger partial charge in [0.05, 0.1) is 31.4 Å². The molecule has 2 aromatic heterocycles. The fourth-order valence-corrected chi connectivity index (χ4v) is 6.83. The Labute approximate surface area is 228 Å². The van der Waals surface area contributed by atoms with E-state index >= 15 is 0 Å². The largest absolute Gasteiger partial charge is 0.468 e. The maximum atomic E-state index is 13.8. The van der Waals surface area contributed by atoms with E-state index < -0.39 is 5.92 Å². The molecule has 3 aromatic rings. The van der Waals surface area contributed by atoms with Crippen LogP contribution in [0.5, 0.6) is 0 Å². The van der Waals surface area contributed by atoms with Crippen LogP contribution in [0, 0.1) is 0 Å². The number of hydrogen-bond donors (Lipinski definition) is 1. The smallest absolute Gasteiger partial charge is 0.254 e. The maximum absolute atomic E-state index is 13.8. The molecule has 7 nitrogen and oxygen atoms in total. The van der Waals surface area contributed by atoms with Crippen LogP contribution in [0.3, 0.4) is 0 Å². The third kappa shape index (κ3) is 5.87. The van der Waals surface area contributed by atoms with Crippen LogP contribution >= 0.6 is 11.3 Å². The topological polar surface area (TPSA) is 75.0 Å². The van der Waals surface area contributed by atoms with E-state index in [1.165, 1.54) is 25.7 Å². The Morgan fingerprint density at radius 2 is 2.00 bits per heavy atom. The summed E-state index contributed by atoms with van der Waals surface area (Å²) in [7, 11) is 1.63. The van der Waals surface area contributed by atoms with Gasteiger partial charge in [0.25, 0.3) is 5.91 Å². The molecule has 1 saturated carbocycles. The van der Waals surface area contributed by atoms with E-state index in [0.717, 1.165) is 35.7 Å². The van der Waals surface area contributed by atoms with Gasteiger partial charge in [0.2, 0.25) is 5.91 Å². The average molecular weight is 536 g/mol. The molecule has 2 atom stereocenters. The normalized spacial score (nSPS) is 19.7. The summed E-state index contributed by atoms with van der Waals surface area (Å²) in [5.41, 5.74) is 1.40. The molecular weight excluding hydrogens is 498 g/mol. The zero-order valence-electron chi connectivity index (χ0n) is 22.0. The van der Waals surface area contributed by atoms with Crippen molar-refractivity contribution in [2.45, 2.75) is 56.7 Å². The zero-order valence-corrected chi connectivity index (χ0v) is 22.8. The molecule has 0 spiro atoms. The first-order valence-corrected chi connectivity index (χ1v) is 14.5. The minimum Gasteiger partial charge on any atom is -0.468 e. The maximum Gasteiger partial charge on any atom is 0.254 e. The van der Waals surface area contributed by atoms with Crippen LogP contribution in [0.15, 0.2) is 64.6 Å². The summed E-state index contributed by atoms with van der Waals surface area (Å²) in [6.07, 6.45) is 7.58. The van der Waals surface area contributed by atoms with E-state index in [4.69, 9.17) is 9.15 Å². The fourth-order valence-electron chi connectivity index (χ4n) is 5.95. The van der Waals surface area contributed by atoms with Gasteiger partial charge >= 0.3 is 0 Å². The molecule has 8 heteroatoms. The Morgan fingerprint density at radius 3 is 2.74 bits per heavy atom. The minimum absolute atomic E-state index is 0.0378. The second kappa shape index (κ2) is 12.7. The molecule has 1 N–H and O–H groups in total. The summed E-state index contributed by atoms with van der Waals surface area (Å²) in [5, 5.41) is 5.23. The Morgan fingerprint density at radius 1 is 1.16 bits per heavy atom. The lowest BCUT2D eigenvalue weighted by Gasteiger charge is -2.41. The second-order valence-corrected chi connectivity index (χ2v) is 11.1. The van der Waals surface area contributed by atoms with Crippen LogP contribution in [-0.4, -0.2) is 61.0 Å². The van der Waals surface area contributed by atoms with Crippen molar-refractivity contribution in [3.63, 3.8) is 0 Å². The number of nitrogens with one attached hydrogen (secondary N) is 1. The van der Waals surface area contributed by atoms with Gasteiger partial charge in [0.1, 0.15) is 5.76 Å². The molecule has 3 heterocycles. The number of rotatable bonds is 12. The molecular formula is C30H37N3O4S. The first-order chi connectivity index (χ1) is 18.7. The molecule has 1 aromatic carbocycles. The van der Waals surface area contributed by atoms with Crippen molar-refractivity contribution in [2.24, 2.45) is 0 Å². The van der Waals surface area contributed by atoms with Gasteiger partial charge in [-0.2, -0.15) is 0 Å². The van der Waals surface area contributed by atoms with Gasteiger partial charge in [-0.1, -0.05) is 37.1 Å². The fraction of sp³-hybridized carbons (Fsp3) is 0.467. The summed E-state index contributed by atoms with van der Waals surface area (Å²) < 4.78 is 10.9. The van der Waals surface area contributed by atoms with Gasteiger partial charge in [0, 0.05) is 43.2 Å². The van der Waals surface area contributed by atoms with E-state index in [1.54, 1.807) is 24.7 Å². The van der Waals surface area contributed by atoms with E-state index in [1.807, 2.05) is 58.8 Å². The van der Waals surface area contributed by atoms with Crippen molar-refractivity contribution >= 4 is 23.2 Å². The highest BCUT2D eigenvalue weighted by Crippen LogP contribution is 2.44. The molecule has 1 fully saturated rings. The number of hydrogen-bond acceptors (Lipinski definition) is 6. The van der Waals surface area contributed by atoms with E-state index in [-0.39, 0.29) is 17.9 Å². The first kappa shape index (κ1) is 26.7. The molecule has 1 aliphatic carbocycles. The highest BCUT2D eigenvalue weighted by atomic mass is 32.1. The van der Waals surface area contributed by atoms with Crippen LogP contribution in [0.4, 0.5) is 0 Å². The molecule has 5 rings (SSSR count). The van der Waals surface area contributed by atoms with Crippen molar-refractivity contribution in [2.75, 3.05) is 33.4 Å². The van der Waals surface area contributed by atoms with Crippen molar-refractivity contribution < 1.29 is 18.7 Å². The van der Waals surface area contributed by atoms with Gasteiger partial charge < -0.3 is 19.4 Å². The quantitative estimate of drug-likeness (QED) is 0.322. The minimum atomic E-state index is -0.478. The van der Waals surface area contributed by atoms with E-state index in [0.29, 0.717) is 31.3 Å². The van der Waals surface area contributed by atoms with Crippen molar-refractivity contribution in [1.29, 1.82) is 0 Å². The van der Waals surface area contributed by atoms with Crippen LogP contribution in [0.1, 0.15) is 70.6 Å². The standard InChI is InChI=1S/C30H37N3O4S/c1-36-19-17-33-28(26-14-7-20-38-26)27(24-12-4-5-13-25(24)30(33)35)29(34)31-15-8-16-32(22-9-2-3-10-22)21-23-11-6-18-37-23/h4-7,11-14,18,20,22,27-28H,2-3,8-10,15-17,19,21H2,1H3,(H,31,34)/t27-,28-/m0/s1. The van der Waals surface area contributed by atoms with Crippen molar-refractivity contribution in [1.82, 2.24) is 15.1 Å². The third-order valence-corrected chi connectivity index (χ3v) is 8.74. The lowest BCUT2D eigenvalue weighted by atomic mass is 9.81. The predicted molar refractivity (Wildman–Crippen MR) is 148 cm³/mol. The van der Waals surface area contributed by atoms with Crippen LogP contribution in [0.2, 0.25) is 0 Å². The molecule has 0 saturated heterocycles. The van der Waals surface area contributed by atoms with Gasteiger partial charge in [-0.3, -0.25) is 14.5 Å². The Kier molecular flexibility index (Phi) is 8.94.